The second-order valence-corrected chi connectivity index (χ2v) is 3.23. The zero-order valence-corrected chi connectivity index (χ0v) is 7.26. The molecule has 0 aromatic heterocycles. The maximum absolute atomic E-state index is 11.2. The molecular weight excluding hydrogens is 140 g/mol. The van der Waals surface area contributed by atoms with Gasteiger partial charge in [0.1, 0.15) is 0 Å². The van der Waals surface area contributed by atoms with Gasteiger partial charge in [-0.2, -0.15) is 0 Å². The van der Waals surface area contributed by atoms with Gasteiger partial charge >= 0.3 is 0 Å². The van der Waals surface area contributed by atoms with Crippen molar-refractivity contribution in [1.29, 1.82) is 0 Å². The SMILES string of the molecule is CNCC1CCN(C)C(=O)C1. The smallest absolute Gasteiger partial charge is 0.222 e. The minimum Gasteiger partial charge on any atom is -0.346 e. The summed E-state index contributed by atoms with van der Waals surface area (Å²) in [6.45, 7) is 1.89. The molecule has 1 saturated heterocycles. The van der Waals surface area contributed by atoms with Crippen LogP contribution in [0.15, 0.2) is 0 Å². The molecule has 0 aromatic rings. The molecule has 1 fully saturated rings. The van der Waals surface area contributed by atoms with E-state index in [1.54, 1.807) is 0 Å². The molecule has 1 heterocycles. The zero-order chi connectivity index (χ0) is 8.27. The predicted octanol–water partition coefficient (Wildman–Crippen LogP) is 0.0742. The van der Waals surface area contributed by atoms with E-state index in [4.69, 9.17) is 0 Å². The van der Waals surface area contributed by atoms with Gasteiger partial charge in [-0.15, -0.1) is 0 Å². The van der Waals surface area contributed by atoms with E-state index in [9.17, 15) is 4.79 Å². The first-order chi connectivity index (χ1) is 5.24. The normalized spacial score (nSPS) is 25.8. The van der Waals surface area contributed by atoms with E-state index in [1.165, 1.54) is 0 Å². The third-order valence-corrected chi connectivity index (χ3v) is 2.25. The van der Waals surface area contributed by atoms with Crippen molar-refractivity contribution in [3.63, 3.8) is 0 Å². The second kappa shape index (κ2) is 3.72. The van der Waals surface area contributed by atoms with Gasteiger partial charge in [-0.25, -0.2) is 0 Å². The minimum atomic E-state index is 0.288. The van der Waals surface area contributed by atoms with Gasteiger partial charge in [0.15, 0.2) is 0 Å². The number of amides is 1. The number of carbonyl (C=O) groups excluding carboxylic acids is 1. The molecule has 1 N–H and O–H groups in total. The first-order valence-corrected chi connectivity index (χ1v) is 4.12. The van der Waals surface area contributed by atoms with E-state index < -0.39 is 0 Å². The molecule has 3 heteroatoms. The number of nitrogens with one attached hydrogen (secondary N) is 1. The summed E-state index contributed by atoms with van der Waals surface area (Å²) < 4.78 is 0. The molecule has 0 spiro atoms. The summed E-state index contributed by atoms with van der Waals surface area (Å²) in [4.78, 5) is 13.0. The van der Waals surface area contributed by atoms with Gasteiger partial charge < -0.3 is 10.2 Å². The van der Waals surface area contributed by atoms with Gasteiger partial charge in [-0.05, 0) is 25.9 Å². The third-order valence-electron chi connectivity index (χ3n) is 2.25. The van der Waals surface area contributed by atoms with Crippen molar-refractivity contribution in [3.8, 4) is 0 Å². The highest BCUT2D eigenvalue weighted by molar-refractivity contribution is 5.76. The summed E-state index contributed by atoms with van der Waals surface area (Å²) in [7, 11) is 3.81. The number of hydrogen-bond donors (Lipinski definition) is 1. The Hall–Kier alpha value is -0.570. The van der Waals surface area contributed by atoms with Crippen LogP contribution in [-0.2, 0) is 4.79 Å². The van der Waals surface area contributed by atoms with Crippen molar-refractivity contribution in [1.82, 2.24) is 10.2 Å². The Labute approximate surface area is 67.8 Å². The minimum absolute atomic E-state index is 0.288. The topological polar surface area (TPSA) is 32.3 Å². The zero-order valence-electron chi connectivity index (χ0n) is 7.26. The summed E-state index contributed by atoms with van der Waals surface area (Å²) >= 11 is 0. The monoisotopic (exact) mass is 156 g/mol. The second-order valence-electron chi connectivity index (χ2n) is 3.23. The maximum Gasteiger partial charge on any atom is 0.222 e. The fraction of sp³-hybridized carbons (Fsp3) is 0.875. The van der Waals surface area contributed by atoms with Gasteiger partial charge in [0.2, 0.25) is 5.91 Å². The number of hydrogen-bond acceptors (Lipinski definition) is 2. The summed E-state index contributed by atoms with van der Waals surface area (Å²) in [5.41, 5.74) is 0. The molecular formula is C8H16N2O. The first-order valence-electron chi connectivity index (χ1n) is 4.12. The average Bonchev–Trinajstić information content (AvgIpc) is 1.98. The molecule has 1 rings (SSSR count). The molecule has 64 valence electrons. The van der Waals surface area contributed by atoms with Crippen LogP contribution in [0.25, 0.3) is 0 Å². The Morgan fingerprint density at radius 3 is 3.00 bits per heavy atom. The molecule has 1 aliphatic heterocycles. The fourth-order valence-electron chi connectivity index (χ4n) is 1.47. The van der Waals surface area contributed by atoms with Crippen molar-refractivity contribution in [3.05, 3.63) is 0 Å². The maximum atomic E-state index is 11.2. The summed E-state index contributed by atoms with van der Waals surface area (Å²) in [5, 5.41) is 3.10. The summed E-state index contributed by atoms with van der Waals surface area (Å²) in [5.74, 6) is 0.847. The lowest BCUT2D eigenvalue weighted by atomic mass is 9.97. The van der Waals surface area contributed by atoms with Crippen molar-refractivity contribution >= 4 is 5.91 Å². The van der Waals surface area contributed by atoms with Crippen LogP contribution in [-0.4, -0.2) is 38.0 Å². The standard InChI is InChI=1S/C8H16N2O/c1-9-6-7-3-4-10(2)8(11)5-7/h7,9H,3-6H2,1-2H3. The first kappa shape index (κ1) is 8.53. The number of nitrogens with zero attached hydrogens (tertiary/aromatic N) is 1. The quantitative estimate of drug-likeness (QED) is 0.614. The summed E-state index contributed by atoms with van der Waals surface area (Å²) in [6, 6.07) is 0. The average molecular weight is 156 g/mol. The van der Waals surface area contributed by atoms with Crippen LogP contribution in [0.4, 0.5) is 0 Å². The highest BCUT2D eigenvalue weighted by Crippen LogP contribution is 2.15. The Morgan fingerprint density at radius 2 is 2.45 bits per heavy atom. The van der Waals surface area contributed by atoms with E-state index >= 15 is 0 Å². The Kier molecular flexibility index (Phi) is 2.88. The molecule has 1 aliphatic rings. The molecule has 0 aromatic carbocycles. The molecule has 1 unspecified atom stereocenters. The lowest BCUT2D eigenvalue weighted by molar-refractivity contribution is -0.133. The highest BCUT2D eigenvalue weighted by Gasteiger charge is 2.21. The summed E-state index contributed by atoms with van der Waals surface area (Å²) in [6.07, 6.45) is 1.86. The molecule has 0 aliphatic carbocycles. The molecule has 1 atom stereocenters. The predicted molar refractivity (Wildman–Crippen MR) is 44.3 cm³/mol. The Morgan fingerprint density at radius 1 is 1.73 bits per heavy atom. The van der Waals surface area contributed by atoms with Crippen LogP contribution < -0.4 is 5.32 Å². The Balaban J connectivity index is 2.34. The molecule has 0 bridgehead atoms. The van der Waals surface area contributed by atoms with Crippen LogP contribution in [0.5, 0.6) is 0 Å². The lowest BCUT2D eigenvalue weighted by Gasteiger charge is -2.28. The largest absolute Gasteiger partial charge is 0.346 e. The van der Waals surface area contributed by atoms with Crippen molar-refractivity contribution in [2.75, 3.05) is 27.2 Å². The van der Waals surface area contributed by atoms with Crippen LogP contribution >= 0.6 is 0 Å². The highest BCUT2D eigenvalue weighted by atomic mass is 16.2. The van der Waals surface area contributed by atoms with Crippen LogP contribution in [0.1, 0.15) is 12.8 Å². The van der Waals surface area contributed by atoms with Gasteiger partial charge in [-0.3, -0.25) is 4.79 Å². The van der Waals surface area contributed by atoms with E-state index in [0.29, 0.717) is 5.92 Å². The van der Waals surface area contributed by atoms with Crippen molar-refractivity contribution < 1.29 is 4.79 Å². The molecule has 1 amide bonds. The van der Waals surface area contributed by atoms with E-state index in [2.05, 4.69) is 5.32 Å². The fourth-order valence-corrected chi connectivity index (χ4v) is 1.47. The van der Waals surface area contributed by atoms with Crippen LogP contribution in [0.2, 0.25) is 0 Å². The molecule has 0 radical (unpaired) electrons. The number of carbonyl (C=O) groups is 1. The number of rotatable bonds is 2. The number of piperidine rings is 1. The molecule has 0 saturated carbocycles. The van der Waals surface area contributed by atoms with E-state index in [-0.39, 0.29) is 5.91 Å². The van der Waals surface area contributed by atoms with Gasteiger partial charge in [0, 0.05) is 20.0 Å². The van der Waals surface area contributed by atoms with Crippen molar-refractivity contribution in [2.45, 2.75) is 12.8 Å². The van der Waals surface area contributed by atoms with Gasteiger partial charge in [-0.1, -0.05) is 0 Å². The molecule has 3 nitrogen and oxygen atoms in total. The number of likely N-dealkylation sites (tertiary alicyclic amines) is 1. The van der Waals surface area contributed by atoms with E-state index in [1.807, 2.05) is 19.0 Å². The third kappa shape index (κ3) is 2.19. The van der Waals surface area contributed by atoms with Gasteiger partial charge in [0.25, 0.3) is 0 Å². The molecule has 11 heavy (non-hydrogen) atoms. The van der Waals surface area contributed by atoms with Crippen LogP contribution in [0.3, 0.4) is 0 Å². The van der Waals surface area contributed by atoms with Crippen LogP contribution in [0, 0.1) is 5.92 Å². The Bertz CT molecular complexity index is 147. The lowest BCUT2D eigenvalue weighted by Crippen LogP contribution is -2.38. The van der Waals surface area contributed by atoms with Crippen molar-refractivity contribution in [2.24, 2.45) is 5.92 Å². The van der Waals surface area contributed by atoms with Gasteiger partial charge in [0.05, 0.1) is 0 Å². The van der Waals surface area contributed by atoms with E-state index in [0.717, 1.165) is 25.9 Å².